The molecule has 20 heavy (non-hydrogen) atoms. The SMILES string of the molecule is CC[C@H](C)[C@H](NC(N)=O)C(=O)NCc1cccc(Cl)c1. The number of primary amides is 1. The van der Waals surface area contributed by atoms with Crippen molar-refractivity contribution in [2.45, 2.75) is 32.9 Å². The molecule has 0 radical (unpaired) electrons. The molecule has 0 saturated heterocycles. The van der Waals surface area contributed by atoms with E-state index in [1.54, 1.807) is 12.1 Å². The molecular weight excluding hydrogens is 278 g/mol. The van der Waals surface area contributed by atoms with Crippen molar-refractivity contribution in [3.63, 3.8) is 0 Å². The van der Waals surface area contributed by atoms with Crippen molar-refractivity contribution in [1.29, 1.82) is 0 Å². The van der Waals surface area contributed by atoms with Crippen LogP contribution in [0.1, 0.15) is 25.8 Å². The highest BCUT2D eigenvalue weighted by Gasteiger charge is 2.24. The van der Waals surface area contributed by atoms with Crippen LogP contribution in [0.4, 0.5) is 4.79 Å². The lowest BCUT2D eigenvalue weighted by molar-refractivity contribution is -0.124. The van der Waals surface area contributed by atoms with Gasteiger partial charge >= 0.3 is 6.03 Å². The Morgan fingerprint density at radius 1 is 1.40 bits per heavy atom. The van der Waals surface area contributed by atoms with Gasteiger partial charge in [0.2, 0.25) is 5.91 Å². The molecule has 110 valence electrons. The van der Waals surface area contributed by atoms with E-state index in [0.717, 1.165) is 12.0 Å². The second-order valence-corrected chi connectivity index (χ2v) is 5.16. The number of urea groups is 1. The summed E-state index contributed by atoms with van der Waals surface area (Å²) < 4.78 is 0. The molecule has 1 aromatic carbocycles. The van der Waals surface area contributed by atoms with Crippen molar-refractivity contribution < 1.29 is 9.59 Å². The van der Waals surface area contributed by atoms with Crippen LogP contribution in [0, 0.1) is 5.92 Å². The molecule has 0 unspecified atom stereocenters. The first-order valence-electron chi connectivity index (χ1n) is 6.52. The number of hydrogen-bond acceptors (Lipinski definition) is 2. The predicted molar refractivity (Wildman–Crippen MR) is 79.3 cm³/mol. The van der Waals surface area contributed by atoms with Gasteiger partial charge in [-0.25, -0.2) is 4.79 Å². The zero-order valence-electron chi connectivity index (χ0n) is 11.7. The molecule has 1 rings (SSSR count). The molecular formula is C14H20ClN3O2. The summed E-state index contributed by atoms with van der Waals surface area (Å²) in [6.45, 7) is 4.19. The fraction of sp³-hybridized carbons (Fsp3) is 0.429. The lowest BCUT2D eigenvalue weighted by Crippen LogP contribution is -2.51. The van der Waals surface area contributed by atoms with Crippen LogP contribution in [-0.2, 0) is 11.3 Å². The first kappa shape index (κ1) is 16.3. The quantitative estimate of drug-likeness (QED) is 0.750. The zero-order valence-corrected chi connectivity index (χ0v) is 12.4. The molecule has 5 nitrogen and oxygen atoms in total. The van der Waals surface area contributed by atoms with Gasteiger partial charge < -0.3 is 16.4 Å². The first-order valence-corrected chi connectivity index (χ1v) is 6.90. The summed E-state index contributed by atoms with van der Waals surface area (Å²) in [6, 6.07) is 5.90. The number of nitrogens with one attached hydrogen (secondary N) is 2. The van der Waals surface area contributed by atoms with Gasteiger partial charge in [-0.3, -0.25) is 4.79 Å². The van der Waals surface area contributed by atoms with Crippen LogP contribution in [0.5, 0.6) is 0 Å². The summed E-state index contributed by atoms with van der Waals surface area (Å²) in [5, 5.41) is 5.87. The summed E-state index contributed by atoms with van der Waals surface area (Å²) in [4.78, 5) is 23.1. The van der Waals surface area contributed by atoms with Crippen molar-refractivity contribution in [3.8, 4) is 0 Å². The normalized spacial score (nSPS) is 13.3. The minimum absolute atomic E-state index is 0.00172. The van der Waals surface area contributed by atoms with Crippen LogP contribution in [0.15, 0.2) is 24.3 Å². The zero-order chi connectivity index (χ0) is 15.1. The highest BCUT2D eigenvalue weighted by atomic mass is 35.5. The van der Waals surface area contributed by atoms with E-state index < -0.39 is 12.1 Å². The smallest absolute Gasteiger partial charge is 0.312 e. The number of carbonyl (C=O) groups is 2. The van der Waals surface area contributed by atoms with Crippen molar-refractivity contribution in [3.05, 3.63) is 34.9 Å². The highest BCUT2D eigenvalue weighted by molar-refractivity contribution is 6.30. The minimum atomic E-state index is -0.701. The van der Waals surface area contributed by atoms with Crippen LogP contribution >= 0.6 is 11.6 Å². The van der Waals surface area contributed by atoms with Crippen molar-refractivity contribution in [1.82, 2.24) is 10.6 Å². The van der Waals surface area contributed by atoms with E-state index >= 15 is 0 Å². The third-order valence-corrected chi connectivity index (χ3v) is 3.38. The van der Waals surface area contributed by atoms with Crippen LogP contribution in [0.2, 0.25) is 5.02 Å². The van der Waals surface area contributed by atoms with Gasteiger partial charge in [0.25, 0.3) is 0 Å². The van der Waals surface area contributed by atoms with E-state index in [2.05, 4.69) is 10.6 Å². The average Bonchev–Trinajstić information content (AvgIpc) is 2.41. The number of rotatable bonds is 6. The predicted octanol–water partition coefficient (Wildman–Crippen LogP) is 2.04. The van der Waals surface area contributed by atoms with Gasteiger partial charge in [-0.15, -0.1) is 0 Å². The first-order chi connectivity index (χ1) is 9.43. The maximum atomic E-state index is 12.1. The lowest BCUT2D eigenvalue weighted by Gasteiger charge is -2.22. The molecule has 0 aliphatic heterocycles. The number of benzene rings is 1. The van der Waals surface area contributed by atoms with Gasteiger partial charge in [-0.1, -0.05) is 44.0 Å². The standard InChI is InChI=1S/C14H20ClN3O2/c1-3-9(2)12(18-14(16)20)13(19)17-8-10-5-4-6-11(15)7-10/h4-7,9,12H,3,8H2,1-2H3,(H,17,19)(H3,16,18,20)/t9-,12-/m0/s1. The molecule has 2 atom stereocenters. The third-order valence-electron chi connectivity index (χ3n) is 3.15. The van der Waals surface area contributed by atoms with Gasteiger partial charge in [0.05, 0.1) is 0 Å². The van der Waals surface area contributed by atoms with Crippen LogP contribution < -0.4 is 16.4 Å². The molecule has 0 aromatic heterocycles. The van der Waals surface area contributed by atoms with Crippen LogP contribution in [-0.4, -0.2) is 18.0 Å². The van der Waals surface area contributed by atoms with E-state index in [9.17, 15) is 9.59 Å². The summed E-state index contributed by atoms with van der Waals surface area (Å²) in [7, 11) is 0. The minimum Gasteiger partial charge on any atom is -0.352 e. The lowest BCUT2D eigenvalue weighted by atomic mass is 9.98. The molecule has 4 N–H and O–H groups in total. The average molecular weight is 298 g/mol. The third kappa shape index (κ3) is 5.09. The molecule has 3 amide bonds. The molecule has 0 aliphatic carbocycles. The van der Waals surface area contributed by atoms with Gasteiger partial charge in [-0.05, 0) is 23.6 Å². The van der Waals surface area contributed by atoms with Gasteiger partial charge in [0, 0.05) is 11.6 Å². The van der Waals surface area contributed by atoms with Gasteiger partial charge in [0.1, 0.15) is 6.04 Å². The number of nitrogens with two attached hydrogens (primary N) is 1. The van der Waals surface area contributed by atoms with E-state index in [1.165, 1.54) is 0 Å². The Morgan fingerprint density at radius 2 is 2.10 bits per heavy atom. The Labute approximate surface area is 123 Å². The molecule has 0 spiro atoms. The fourth-order valence-electron chi connectivity index (χ4n) is 1.80. The van der Waals surface area contributed by atoms with Crippen LogP contribution in [0.25, 0.3) is 0 Å². The van der Waals surface area contributed by atoms with Crippen molar-refractivity contribution in [2.75, 3.05) is 0 Å². The molecule has 0 heterocycles. The number of halogens is 1. The summed E-state index contributed by atoms with van der Waals surface area (Å²) >= 11 is 5.88. The molecule has 6 heteroatoms. The highest BCUT2D eigenvalue weighted by Crippen LogP contribution is 2.11. The van der Waals surface area contributed by atoms with E-state index in [-0.39, 0.29) is 11.8 Å². The molecule has 0 fully saturated rings. The Balaban J connectivity index is 2.64. The molecule has 0 aliphatic rings. The largest absolute Gasteiger partial charge is 0.352 e. The number of amides is 3. The number of carbonyl (C=O) groups excluding carboxylic acids is 2. The Kier molecular flexibility index (Phi) is 6.31. The summed E-state index contributed by atoms with van der Waals surface area (Å²) in [6.07, 6.45) is 0.759. The second kappa shape index (κ2) is 7.75. The van der Waals surface area contributed by atoms with E-state index in [4.69, 9.17) is 17.3 Å². The molecule has 1 aromatic rings. The second-order valence-electron chi connectivity index (χ2n) is 4.72. The van der Waals surface area contributed by atoms with E-state index in [1.807, 2.05) is 26.0 Å². The van der Waals surface area contributed by atoms with E-state index in [0.29, 0.717) is 11.6 Å². The monoisotopic (exact) mass is 297 g/mol. The maximum absolute atomic E-state index is 12.1. The summed E-state index contributed by atoms with van der Waals surface area (Å²) in [5.74, 6) is -0.250. The molecule has 0 bridgehead atoms. The number of hydrogen-bond donors (Lipinski definition) is 3. The Bertz CT molecular complexity index is 479. The Morgan fingerprint density at radius 3 is 2.65 bits per heavy atom. The van der Waals surface area contributed by atoms with Crippen molar-refractivity contribution in [2.24, 2.45) is 11.7 Å². The van der Waals surface area contributed by atoms with Gasteiger partial charge in [-0.2, -0.15) is 0 Å². The van der Waals surface area contributed by atoms with Crippen LogP contribution in [0.3, 0.4) is 0 Å². The fourth-order valence-corrected chi connectivity index (χ4v) is 2.01. The van der Waals surface area contributed by atoms with Gasteiger partial charge in [0.15, 0.2) is 0 Å². The molecule has 0 saturated carbocycles. The maximum Gasteiger partial charge on any atom is 0.312 e. The summed E-state index contributed by atoms with van der Waals surface area (Å²) in [5.41, 5.74) is 6.00. The topological polar surface area (TPSA) is 84.2 Å². The Hall–Kier alpha value is -1.75. The van der Waals surface area contributed by atoms with Crippen molar-refractivity contribution >= 4 is 23.5 Å².